The predicted octanol–water partition coefficient (Wildman–Crippen LogP) is 4.85. The van der Waals surface area contributed by atoms with Crippen molar-refractivity contribution in [3.8, 4) is 0 Å². The molecule has 1 N–H and O–H groups in total. The smallest absolute Gasteiger partial charge is 0.319 e. The van der Waals surface area contributed by atoms with E-state index in [0.29, 0.717) is 19.5 Å². The standard InChI is InChI=1S/C21H41N2O2/c1-2-3-4-5-6-7-8-9-10-11-12-13-14-15-21(25)23(18-19-24)17-16-22-20-23/h20,24H,2-19H2,1H3/q+1. The summed E-state index contributed by atoms with van der Waals surface area (Å²) in [7, 11) is 0. The Labute approximate surface area is 155 Å². The molecule has 0 saturated carbocycles. The minimum atomic E-state index is 0.0519. The quantitative estimate of drug-likeness (QED) is 0.319. The molecule has 1 aliphatic rings. The summed E-state index contributed by atoms with van der Waals surface area (Å²) in [6, 6.07) is 0. The van der Waals surface area contributed by atoms with Gasteiger partial charge in [-0.2, -0.15) is 0 Å². The summed E-state index contributed by atoms with van der Waals surface area (Å²) in [5.74, 6) is 0.235. The second-order valence-corrected chi connectivity index (χ2v) is 7.61. The Morgan fingerprint density at radius 1 is 0.920 bits per heavy atom. The molecule has 0 aromatic heterocycles. The zero-order valence-electron chi connectivity index (χ0n) is 16.6. The fraction of sp³-hybridized carbons (Fsp3) is 0.905. The lowest BCUT2D eigenvalue weighted by atomic mass is 10.0. The Morgan fingerprint density at radius 2 is 1.44 bits per heavy atom. The first-order valence-corrected chi connectivity index (χ1v) is 10.8. The number of unbranched alkanes of at least 4 members (excludes halogenated alkanes) is 12. The molecular weight excluding hydrogens is 312 g/mol. The van der Waals surface area contributed by atoms with E-state index in [1.54, 1.807) is 6.34 Å². The molecule has 1 aliphatic heterocycles. The highest BCUT2D eigenvalue weighted by Gasteiger charge is 2.36. The van der Waals surface area contributed by atoms with Crippen molar-refractivity contribution < 1.29 is 14.4 Å². The van der Waals surface area contributed by atoms with Crippen molar-refractivity contribution >= 4 is 12.2 Å². The molecule has 0 fully saturated rings. The van der Waals surface area contributed by atoms with Gasteiger partial charge in [-0.3, -0.25) is 0 Å². The van der Waals surface area contributed by atoms with Gasteiger partial charge in [0.1, 0.15) is 13.1 Å². The number of hydrogen-bond acceptors (Lipinski definition) is 3. The summed E-state index contributed by atoms with van der Waals surface area (Å²) in [5.41, 5.74) is 0. The van der Waals surface area contributed by atoms with Gasteiger partial charge in [-0.15, -0.1) is 0 Å². The van der Waals surface area contributed by atoms with Crippen LogP contribution in [-0.4, -0.2) is 48.1 Å². The molecule has 4 heteroatoms. The molecule has 1 heterocycles. The van der Waals surface area contributed by atoms with Crippen LogP contribution in [0.25, 0.3) is 0 Å². The zero-order valence-corrected chi connectivity index (χ0v) is 16.6. The van der Waals surface area contributed by atoms with E-state index >= 15 is 0 Å². The number of carbonyl (C=O) groups is 1. The van der Waals surface area contributed by atoms with Gasteiger partial charge in [-0.25, -0.2) is 14.3 Å². The molecule has 1 amide bonds. The molecule has 25 heavy (non-hydrogen) atoms. The molecule has 0 aliphatic carbocycles. The number of aliphatic hydroxyl groups is 1. The molecule has 4 nitrogen and oxygen atoms in total. The summed E-state index contributed by atoms with van der Waals surface area (Å²) in [5, 5.41) is 9.20. The average molecular weight is 354 g/mol. The van der Waals surface area contributed by atoms with Gasteiger partial charge < -0.3 is 5.11 Å². The van der Waals surface area contributed by atoms with Gasteiger partial charge in [-0.05, 0) is 6.42 Å². The molecule has 0 aromatic carbocycles. The van der Waals surface area contributed by atoms with Crippen molar-refractivity contribution in [2.45, 2.75) is 96.8 Å². The molecular formula is C21H41N2O2+. The van der Waals surface area contributed by atoms with E-state index in [1.807, 2.05) is 0 Å². The highest BCUT2D eigenvalue weighted by Crippen LogP contribution is 2.16. The van der Waals surface area contributed by atoms with E-state index in [-0.39, 0.29) is 17.0 Å². The average Bonchev–Trinajstić information content (AvgIpc) is 3.09. The maximum Gasteiger partial charge on any atom is 0.319 e. The monoisotopic (exact) mass is 353 g/mol. The highest BCUT2D eigenvalue weighted by molar-refractivity contribution is 5.77. The third-order valence-corrected chi connectivity index (χ3v) is 5.42. The Hall–Kier alpha value is -0.740. The highest BCUT2D eigenvalue weighted by atomic mass is 16.3. The van der Waals surface area contributed by atoms with Crippen LogP contribution in [0.3, 0.4) is 0 Å². The van der Waals surface area contributed by atoms with Gasteiger partial charge in [0, 0.05) is 0 Å². The third kappa shape index (κ3) is 9.50. The molecule has 0 radical (unpaired) electrons. The molecule has 0 aromatic rings. The van der Waals surface area contributed by atoms with Crippen LogP contribution in [0.4, 0.5) is 0 Å². The van der Waals surface area contributed by atoms with E-state index in [2.05, 4.69) is 11.9 Å². The Bertz CT molecular complexity index is 371. The number of amides is 1. The van der Waals surface area contributed by atoms with Gasteiger partial charge in [0.25, 0.3) is 0 Å². The largest absolute Gasteiger partial charge is 0.390 e. The number of rotatable bonds is 16. The molecule has 0 spiro atoms. The van der Waals surface area contributed by atoms with Gasteiger partial charge in [0.15, 0.2) is 6.34 Å². The van der Waals surface area contributed by atoms with Crippen LogP contribution in [0.5, 0.6) is 0 Å². The lowest BCUT2D eigenvalue weighted by Gasteiger charge is -2.26. The van der Waals surface area contributed by atoms with Crippen LogP contribution in [0.15, 0.2) is 4.99 Å². The molecule has 1 atom stereocenters. The Morgan fingerprint density at radius 3 is 1.88 bits per heavy atom. The molecule has 1 rings (SSSR count). The molecule has 0 saturated heterocycles. The van der Waals surface area contributed by atoms with Crippen LogP contribution in [0, 0.1) is 0 Å². The Kier molecular flexibility index (Phi) is 12.9. The van der Waals surface area contributed by atoms with E-state index in [4.69, 9.17) is 0 Å². The van der Waals surface area contributed by atoms with Crippen LogP contribution in [0.2, 0.25) is 0 Å². The number of aliphatic imine (C=N–C) groups is 1. The first-order valence-electron chi connectivity index (χ1n) is 10.8. The second-order valence-electron chi connectivity index (χ2n) is 7.61. The van der Waals surface area contributed by atoms with Gasteiger partial charge in [0.05, 0.1) is 19.6 Å². The fourth-order valence-electron chi connectivity index (χ4n) is 3.69. The lowest BCUT2D eigenvalue weighted by molar-refractivity contribution is -0.751. The van der Waals surface area contributed by atoms with E-state index in [1.165, 1.54) is 70.6 Å². The van der Waals surface area contributed by atoms with E-state index in [0.717, 1.165) is 19.4 Å². The zero-order chi connectivity index (χ0) is 18.2. The van der Waals surface area contributed by atoms with E-state index in [9.17, 15) is 9.90 Å². The van der Waals surface area contributed by atoms with E-state index < -0.39 is 0 Å². The normalized spacial score (nSPS) is 19.6. The first-order chi connectivity index (χ1) is 12.2. The van der Waals surface area contributed by atoms with Gasteiger partial charge in [0.2, 0.25) is 0 Å². The molecule has 1 unspecified atom stereocenters. The summed E-state index contributed by atoms with van der Waals surface area (Å²) >= 11 is 0. The summed E-state index contributed by atoms with van der Waals surface area (Å²) < 4.78 is 0.273. The van der Waals surface area contributed by atoms with Crippen molar-refractivity contribution in [1.82, 2.24) is 0 Å². The SMILES string of the molecule is CCCCCCCCCCCCCCCC(=O)[N+]1(CCO)C=NCC1. The topological polar surface area (TPSA) is 49.7 Å². The van der Waals surface area contributed by atoms with Crippen LogP contribution in [-0.2, 0) is 4.79 Å². The first kappa shape index (κ1) is 22.3. The second kappa shape index (κ2) is 14.4. The Balaban J connectivity index is 1.91. The van der Waals surface area contributed by atoms with Crippen LogP contribution in [0.1, 0.15) is 96.8 Å². The number of aliphatic hydroxyl groups excluding tert-OH is 1. The predicted molar refractivity (Wildman–Crippen MR) is 106 cm³/mol. The number of carbonyl (C=O) groups excluding carboxylic acids is 1. The maximum atomic E-state index is 12.4. The molecule has 0 bridgehead atoms. The number of nitrogens with zero attached hydrogens (tertiary/aromatic N) is 2. The third-order valence-electron chi connectivity index (χ3n) is 5.42. The minimum absolute atomic E-state index is 0.0519. The van der Waals surface area contributed by atoms with Crippen molar-refractivity contribution in [1.29, 1.82) is 0 Å². The maximum absolute atomic E-state index is 12.4. The lowest BCUT2D eigenvalue weighted by Crippen LogP contribution is -2.52. The van der Waals surface area contributed by atoms with Crippen molar-refractivity contribution in [3.05, 3.63) is 0 Å². The van der Waals surface area contributed by atoms with Crippen molar-refractivity contribution in [2.75, 3.05) is 26.2 Å². The summed E-state index contributed by atoms with van der Waals surface area (Å²) in [6.45, 7) is 4.25. The molecule has 146 valence electrons. The van der Waals surface area contributed by atoms with Gasteiger partial charge in [-0.1, -0.05) is 84.0 Å². The number of quaternary nitrogens is 1. The van der Waals surface area contributed by atoms with Crippen LogP contribution < -0.4 is 0 Å². The summed E-state index contributed by atoms with van der Waals surface area (Å²) in [6.07, 6.45) is 19.6. The summed E-state index contributed by atoms with van der Waals surface area (Å²) in [4.78, 5) is 16.6. The van der Waals surface area contributed by atoms with Gasteiger partial charge >= 0.3 is 5.91 Å². The van der Waals surface area contributed by atoms with Crippen LogP contribution >= 0.6 is 0 Å². The van der Waals surface area contributed by atoms with Crippen molar-refractivity contribution in [2.24, 2.45) is 4.99 Å². The number of hydrogen-bond donors (Lipinski definition) is 1. The van der Waals surface area contributed by atoms with Crippen molar-refractivity contribution in [3.63, 3.8) is 0 Å². The fourth-order valence-corrected chi connectivity index (χ4v) is 3.69. The minimum Gasteiger partial charge on any atom is -0.390 e.